The normalized spacial score (nSPS) is 20.6. The van der Waals surface area contributed by atoms with E-state index in [1.165, 1.54) is 12.1 Å². The van der Waals surface area contributed by atoms with Gasteiger partial charge in [-0.05, 0) is 50.6 Å². The maximum absolute atomic E-state index is 15.2. The van der Waals surface area contributed by atoms with Crippen LogP contribution >= 0.6 is 0 Å². The molecule has 2 saturated heterocycles. The van der Waals surface area contributed by atoms with Crippen molar-refractivity contribution in [1.82, 2.24) is 29.7 Å². The highest BCUT2D eigenvalue weighted by Gasteiger charge is 2.23. The third kappa shape index (κ3) is 5.95. The number of hydrogen-bond acceptors (Lipinski definition) is 8. The molecule has 5 heterocycles. The summed E-state index contributed by atoms with van der Waals surface area (Å²) in [5.74, 6) is 1.15. The quantitative estimate of drug-likeness (QED) is 0.355. The van der Waals surface area contributed by atoms with Gasteiger partial charge in [-0.1, -0.05) is 0 Å². The van der Waals surface area contributed by atoms with Gasteiger partial charge in [0.15, 0.2) is 0 Å². The van der Waals surface area contributed by atoms with Crippen LogP contribution in [0.15, 0.2) is 42.9 Å². The van der Waals surface area contributed by atoms with Gasteiger partial charge in [-0.3, -0.25) is 9.11 Å². The molecule has 0 amide bonds. The van der Waals surface area contributed by atoms with Crippen molar-refractivity contribution in [1.29, 1.82) is 0 Å². The number of piperazine rings is 1. The summed E-state index contributed by atoms with van der Waals surface area (Å²) in [4.78, 5) is 18.1. The second kappa shape index (κ2) is 11.4. The second-order valence-electron chi connectivity index (χ2n) is 11.0. The van der Waals surface area contributed by atoms with Crippen molar-refractivity contribution in [3.8, 4) is 5.69 Å². The molecule has 0 bridgehead atoms. The van der Waals surface area contributed by atoms with E-state index in [-0.39, 0.29) is 12.1 Å². The van der Waals surface area contributed by atoms with Crippen molar-refractivity contribution in [2.24, 2.45) is 0 Å². The lowest BCUT2D eigenvalue weighted by Crippen LogP contribution is -2.54. The minimum Gasteiger partial charge on any atom is -0.353 e. The van der Waals surface area contributed by atoms with E-state index in [1.807, 2.05) is 24.0 Å². The minimum absolute atomic E-state index is 0.0194. The van der Waals surface area contributed by atoms with Crippen molar-refractivity contribution in [2.45, 2.75) is 39.4 Å². The third-order valence-corrected chi connectivity index (χ3v) is 8.92. The highest BCUT2D eigenvalue weighted by Crippen LogP contribution is 2.27. The Morgan fingerprint density at radius 3 is 2.44 bits per heavy atom. The number of nitrogens with zero attached hydrogens (tertiary/aromatic N) is 6. The lowest BCUT2D eigenvalue weighted by Gasteiger charge is -2.37. The van der Waals surface area contributed by atoms with Gasteiger partial charge in [0, 0.05) is 90.5 Å². The highest BCUT2D eigenvalue weighted by atomic mass is 32.2. The molecular weight excluding hydrogens is 546 g/mol. The summed E-state index contributed by atoms with van der Waals surface area (Å²) in [7, 11) is -0.846. The summed E-state index contributed by atoms with van der Waals surface area (Å²) in [6.45, 7) is 9.46. The largest absolute Gasteiger partial charge is 0.353 e. The molecule has 216 valence electrons. The molecule has 2 aliphatic heterocycles. The van der Waals surface area contributed by atoms with E-state index < -0.39 is 22.4 Å². The lowest BCUT2D eigenvalue weighted by atomic mass is 10.1. The zero-order valence-electron chi connectivity index (χ0n) is 23.4. The average molecular weight is 581 g/mol. The summed E-state index contributed by atoms with van der Waals surface area (Å²) < 4.78 is 43.6. The fourth-order valence-electron chi connectivity index (χ4n) is 5.72. The number of halogens is 2. The maximum atomic E-state index is 15.2. The van der Waals surface area contributed by atoms with Crippen LogP contribution in [0, 0.1) is 18.6 Å². The Hall–Kier alpha value is -3.48. The van der Waals surface area contributed by atoms with E-state index >= 15 is 8.78 Å². The smallest absolute Gasteiger partial charge is 0.229 e. The zero-order valence-corrected chi connectivity index (χ0v) is 24.2. The third-order valence-electron chi connectivity index (χ3n) is 7.65. The summed E-state index contributed by atoms with van der Waals surface area (Å²) >= 11 is 0. The van der Waals surface area contributed by atoms with Crippen LogP contribution in [0.3, 0.4) is 0 Å². The number of rotatable bonds is 6. The van der Waals surface area contributed by atoms with E-state index in [4.69, 9.17) is 4.98 Å². The molecule has 2 aliphatic rings. The molecule has 12 heteroatoms. The molecular formula is C29H34F2N8OS. The first kappa shape index (κ1) is 27.7. The number of anilines is 3. The number of aryl methyl sites for hydroxylation is 1. The molecule has 2 fully saturated rings. The highest BCUT2D eigenvalue weighted by molar-refractivity contribution is 7.85. The predicted molar refractivity (Wildman–Crippen MR) is 158 cm³/mol. The number of fused-ring (bicyclic) bond motifs is 1. The molecule has 0 radical (unpaired) electrons. The van der Waals surface area contributed by atoms with Gasteiger partial charge in [-0.2, -0.15) is 4.98 Å². The van der Waals surface area contributed by atoms with Crippen molar-refractivity contribution in [3.63, 3.8) is 0 Å². The van der Waals surface area contributed by atoms with Crippen LogP contribution in [0.25, 0.3) is 16.7 Å². The fourth-order valence-corrected chi connectivity index (χ4v) is 6.85. The lowest BCUT2D eigenvalue weighted by molar-refractivity contribution is 0.282. The summed E-state index contributed by atoms with van der Waals surface area (Å²) in [5.41, 5.74) is 2.68. The standard InChI is InChI=1S/C29H34F2N8OS/c1-18-10-22(14-32-27(18)38-15-19(2)34-20(3)16-38)35-29-33-13-21-4-5-39(28(21)36-29)23-11-25(30)24(26(31)12-23)17-37-6-8-41(40)9-7-37/h4-5,10-14,19-20,34H,6-9,15-17H2,1-3H3,(H,33,35,36)/t19-,20+. The molecule has 0 spiro atoms. The van der Waals surface area contributed by atoms with Crippen LogP contribution in [0.1, 0.15) is 25.0 Å². The second-order valence-corrected chi connectivity index (χ2v) is 12.7. The van der Waals surface area contributed by atoms with E-state index in [1.54, 1.807) is 23.2 Å². The molecule has 0 aliphatic carbocycles. The Bertz CT molecular complexity index is 1570. The summed E-state index contributed by atoms with van der Waals surface area (Å²) in [6.07, 6.45) is 5.18. The summed E-state index contributed by atoms with van der Waals surface area (Å²) in [5, 5.41) is 7.52. The Kier molecular flexibility index (Phi) is 7.71. The molecule has 6 rings (SSSR count). The van der Waals surface area contributed by atoms with Crippen molar-refractivity contribution in [2.75, 3.05) is 47.9 Å². The van der Waals surface area contributed by atoms with Gasteiger partial charge in [0.05, 0.1) is 17.6 Å². The van der Waals surface area contributed by atoms with Crippen LogP contribution in [-0.2, 0) is 17.3 Å². The Labute approximate surface area is 240 Å². The van der Waals surface area contributed by atoms with E-state index in [9.17, 15) is 4.21 Å². The molecule has 2 atom stereocenters. The van der Waals surface area contributed by atoms with Crippen LogP contribution in [0.2, 0.25) is 0 Å². The van der Waals surface area contributed by atoms with E-state index in [0.717, 1.165) is 35.5 Å². The number of benzene rings is 1. The Balaban J connectivity index is 1.22. The van der Waals surface area contributed by atoms with Gasteiger partial charge in [-0.15, -0.1) is 0 Å². The maximum Gasteiger partial charge on any atom is 0.229 e. The molecule has 9 nitrogen and oxygen atoms in total. The first-order chi connectivity index (χ1) is 19.7. The number of pyridine rings is 1. The Morgan fingerprint density at radius 2 is 1.76 bits per heavy atom. The molecule has 0 saturated carbocycles. The van der Waals surface area contributed by atoms with Gasteiger partial charge < -0.3 is 20.1 Å². The molecule has 3 aromatic heterocycles. The molecule has 0 unspecified atom stereocenters. The van der Waals surface area contributed by atoms with Gasteiger partial charge in [0.2, 0.25) is 5.95 Å². The van der Waals surface area contributed by atoms with Gasteiger partial charge >= 0.3 is 0 Å². The number of nitrogens with one attached hydrogen (secondary N) is 2. The van der Waals surface area contributed by atoms with E-state index in [0.29, 0.717) is 54.0 Å². The Morgan fingerprint density at radius 1 is 1.05 bits per heavy atom. The average Bonchev–Trinajstić information content (AvgIpc) is 3.34. The molecule has 4 aromatic rings. The topological polar surface area (TPSA) is 91.2 Å². The fraction of sp³-hybridized carbons (Fsp3) is 0.414. The first-order valence-electron chi connectivity index (χ1n) is 13.9. The van der Waals surface area contributed by atoms with E-state index in [2.05, 4.69) is 39.3 Å². The van der Waals surface area contributed by atoms with Crippen LogP contribution in [-0.4, -0.2) is 78.4 Å². The van der Waals surface area contributed by atoms with Crippen LogP contribution in [0.4, 0.5) is 26.2 Å². The number of aromatic nitrogens is 4. The SMILES string of the molecule is Cc1cc(Nc2ncc3ccn(-c4cc(F)c(CN5CCS(=O)CC5)c(F)c4)c3n2)cnc1N1C[C@@H](C)N[C@@H](C)C1. The first-order valence-corrected chi connectivity index (χ1v) is 15.4. The van der Waals surface area contributed by atoms with Crippen LogP contribution < -0.4 is 15.5 Å². The zero-order chi connectivity index (χ0) is 28.7. The molecule has 41 heavy (non-hydrogen) atoms. The van der Waals surface area contributed by atoms with Crippen LogP contribution in [0.5, 0.6) is 0 Å². The van der Waals surface area contributed by atoms with Gasteiger partial charge in [0.25, 0.3) is 0 Å². The van der Waals surface area contributed by atoms with Gasteiger partial charge in [0.1, 0.15) is 23.1 Å². The minimum atomic E-state index is -0.846. The number of hydrogen-bond donors (Lipinski definition) is 2. The monoisotopic (exact) mass is 580 g/mol. The predicted octanol–water partition coefficient (Wildman–Crippen LogP) is 3.90. The van der Waals surface area contributed by atoms with Gasteiger partial charge in [-0.25, -0.2) is 18.7 Å². The van der Waals surface area contributed by atoms with Crippen molar-refractivity contribution in [3.05, 3.63) is 65.6 Å². The summed E-state index contributed by atoms with van der Waals surface area (Å²) in [6, 6.07) is 7.27. The van der Waals surface area contributed by atoms with Crippen molar-refractivity contribution >= 4 is 39.3 Å². The van der Waals surface area contributed by atoms with Crippen molar-refractivity contribution < 1.29 is 13.0 Å². The molecule has 1 aromatic carbocycles. The molecule has 2 N–H and O–H groups in total.